The number of nitrogens with zero attached hydrogens (tertiary/aromatic N) is 1. The van der Waals surface area contributed by atoms with Crippen molar-refractivity contribution in [1.82, 2.24) is 4.90 Å². The molecular weight excluding hydrogens is 238 g/mol. The number of hydrogen-bond donors (Lipinski definition) is 1. The summed E-state index contributed by atoms with van der Waals surface area (Å²) in [6, 6.07) is 6.80. The molecule has 1 N–H and O–H groups in total. The molecule has 0 bridgehead atoms. The Balaban J connectivity index is 2.57. The van der Waals surface area contributed by atoms with Crippen molar-refractivity contribution in [3.8, 4) is 5.75 Å². The van der Waals surface area contributed by atoms with Crippen molar-refractivity contribution in [1.29, 1.82) is 0 Å². The minimum Gasteiger partial charge on any atom is -0.508 e. The van der Waals surface area contributed by atoms with Gasteiger partial charge >= 0.3 is 0 Å². The van der Waals surface area contributed by atoms with Crippen LogP contribution in [0.5, 0.6) is 5.75 Å². The molecule has 0 spiro atoms. The third kappa shape index (κ3) is 4.65. The van der Waals surface area contributed by atoms with E-state index in [2.05, 4.69) is 0 Å². The predicted molar refractivity (Wildman–Crippen MR) is 69.4 cm³/mol. The van der Waals surface area contributed by atoms with Gasteiger partial charge in [-0.05, 0) is 31.0 Å². The van der Waals surface area contributed by atoms with Crippen molar-refractivity contribution >= 4 is 17.5 Å². The maximum absolute atomic E-state index is 12.0. The quantitative estimate of drug-likeness (QED) is 0.793. The molecule has 3 nitrogen and oxygen atoms in total. The van der Waals surface area contributed by atoms with Gasteiger partial charge in [0.15, 0.2) is 0 Å². The van der Waals surface area contributed by atoms with Crippen molar-refractivity contribution in [2.75, 3.05) is 19.0 Å². The smallest absolute Gasteiger partial charge is 0.226 e. The Morgan fingerprint density at radius 3 is 2.82 bits per heavy atom. The van der Waals surface area contributed by atoms with Crippen LogP contribution in [0.25, 0.3) is 0 Å². The number of rotatable bonds is 6. The van der Waals surface area contributed by atoms with Gasteiger partial charge in [0.05, 0.1) is 6.42 Å². The van der Waals surface area contributed by atoms with Gasteiger partial charge in [0.25, 0.3) is 0 Å². The lowest BCUT2D eigenvalue weighted by molar-refractivity contribution is -0.130. The number of alkyl halides is 1. The Kier molecular flexibility index (Phi) is 5.84. The Morgan fingerprint density at radius 2 is 2.24 bits per heavy atom. The average molecular weight is 256 g/mol. The summed E-state index contributed by atoms with van der Waals surface area (Å²) in [5.41, 5.74) is 0.833. The number of carbonyl (C=O) groups excluding carboxylic acids is 1. The summed E-state index contributed by atoms with van der Waals surface area (Å²) in [5.74, 6) is 0.831. The van der Waals surface area contributed by atoms with Crippen molar-refractivity contribution in [3.05, 3.63) is 29.8 Å². The highest BCUT2D eigenvalue weighted by molar-refractivity contribution is 6.17. The van der Waals surface area contributed by atoms with Crippen LogP contribution < -0.4 is 0 Å². The van der Waals surface area contributed by atoms with E-state index in [1.807, 2.05) is 13.0 Å². The summed E-state index contributed by atoms with van der Waals surface area (Å²) in [6.45, 7) is 3.33. The summed E-state index contributed by atoms with van der Waals surface area (Å²) in [7, 11) is 0. The molecule has 94 valence electrons. The number of halogens is 1. The lowest BCUT2D eigenvalue weighted by Gasteiger charge is -2.20. The molecule has 0 radical (unpaired) electrons. The van der Waals surface area contributed by atoms with Gasteiger partial charge in [0.1, 0.15) is 5.75 Å². The van der Waals surface area contributed by atoms with Gasteiger partial charge in [-0.15, -0.1) is 11.6 Å². The lowest BCUT2D eigenvalue weighted by Crippen LogP contribution is -2.33. The molecule has 0 heterocycles. The molecule has 1 aromatic rings. The van der Waals surface area contributed by atoms with E-state index < -0.39 is 0 Å². The fraction of sp³-hybridized carbons (Fsp3) is 0.462. The highest BCUT2D eigenvalue weighted by Gasteiger charge is 2.11. The van der Waals surface area contributed by atoms with E-state index in [0.29, 0.717) is 25.4 Å². The second kappa shape index (κ2) is 7.17. The summed E-state index contributed by atoms with van der Waals surface area (Å²) >= 11 is 5.62. The number of amides is 1. The molecule has 0 saturated heterocycles. The minimum atomic E-state index is 0.0724. The summed E-state index contributed by atoms with van der Waals surface area (Å²) in [4.78, 5) is 13.7. The van der Waals surface area contributed by atoms with Crippen molar-refractivity contribution < 1.29 is 9.90 Å². The fourth-order valence-corrected chi connectivity index (χ4v) is 1.78. The van der Waals surface area contributed by atoms with Gasteiger partial charge in [-0.2, -0.15) is 0 Å². The summed E-state index contributed by atoms with van der Waals surface area (Å²) in [5, 5.41) is 9.32. The molecule has 0 fully saturated rings. The molecule has 1 amide bonds. The van der Waals surface area contributed by atoms with Gasteiger partial charge in [0.2, 0.25) is 5.91 Å². The zero-order chi connectivity index (χ0) is 12.7. The van der Waals surface area contributed by atoms with Crippen LogP contribution in [-0.4, -0.2) is 34.9 Å². The standard InChI is InChI=1S/C13H18ClNO2/c1-2-15(8-4-7-14)13(17)10-11-5-3-6-12(16)9-11/h3,5-6,9,16H,2,4,7-8,10H2,1H3. The van der Waals surface area contributed by atoms with Crippen LogP contribution in [0, 0.1) is 0 Å². The number of benzene rings is 1. The summed E-state index contributed by atoms with van der Waals surface area (Å²) in [6.07, 6.45) is 1.13. The molecule has 0 saturated carbocycles. The van der Waals surface area contributed by atoms with Gasteiger partial charge in [-0.3, -0.25) is 4.79 Å². The monoisotopic (exact) mass is 255 g/mol. The van der Waals surface area contributed by atoms with E-state index in [1.165, 1.54) is 0 Å². The minimum absolute atomic E-state index is 0.0724. The molecule has 0 atom stereocenters. The molecule has 0 aromatic heterocycles. The predicted octanol–water partition coefficient (Wildman–Crippen LogP) is 2.41. The number of likely N-dealkylation sites (N-methyl/N-ethyl adjacent to an activating group) is 1. The molecule has 0 unspecified atom stereocenters. The van der Waals surface area contributed by atoms with E-state index in [9.17, 15) is 9.90 Å². The molecule has 17 heavy (non-hydrogen) atoms. The third-order valence-corrected chi connectivity index (χ3v) is 2.83. The van der Waals surface area contributed by atoms with Crippen molar-refractivity contribution in [3.63, 3.8) is 0 Å². The Bertz CT molecular complexity index is 368. The molecule has 0 aliphatic heterocycles. The number of carbonyl (C=O) groups is 1. The molecule has 0 aliphatic carbocycles. The molecule has 4 heteroatoms. The Morgan fingerprint density at radius 1 is 1.47 bits per heavy atom. The van der Waals surface area contributed by atoms with Gasteiger partial charge in [-0.25, -0.2) is 0 Å². The molecular formula is C13H18ClNO2. The second-order valence-electron chi connectivity index (χ2n) is 3.86. The largest absolute Gasteiger partial charge is 0.508 e. The first-order valence-electron chi connectivity index (χ1n) is 5.79. The van der Waals surface area contributed by atoms with Gasteiger partial charge in [0, 0.05) is 19.0 Å². The first-order chi connectivity index (χ1) is 8.17. The average Bonchev–Trinajstić information content (AvgIpc) is 2.30. The van der Waals surface area contributed by atoms with Crippen LogP contribution >= 0.6 is 11.6 Å². The number of aromatic hydroxyl groups is 1. The third-order valence-electron chi connectivity index (χ3n) is 2.56. The number of phenolic OH excluding ortho intramolecular Hbond substituents is 1. The first-order valence-corrected chi connectivity index (χ1v) is 6.32. The first kappa shape index (κ1) is 13.8. The zero-order valence-electron chi connectivity index (χ0n) is 10.0. The molecule has 0 aliphatic rings. The van der Waals surface area contributed by atoms with Crippen LogP contribution in [0.1, 0.15) is 18.9 Å². The van der Waals surface area contributed by atoms with E-state index in [4.69, 9.17) is 11.6 Å². The number of hydrogen-bond acceptors (Lipinski definition) is 2. The van der Waals surface area contributed by atoms with Crippen molar-refractivity contribution in [2.45, 2.75) is 19.8 Å². The van der Waals surface area contributed by atoms with E-state index in [0.717, 1.165) is 12.0 Å². The number of phenols is 1. The highest BCUT2D eigenvalue weighted by atomic mass is 35.5. The molecule has 1 rings (SSSR count). The SMILES string of the molecule is CCN(CCCCl)C(=O)Cc1cccc(O)c1. The maximum Gasteiger partial charge on any atom is 0.226 e. The zero-order valence-corrected chi connectivity index (χ0v) is 10.8. The topological polar surface area (TPSA) is 40.5 Å². The fourth-order valence-electron chi connectivity index (χ4n) is 1.66. The Labute approximate surface area is 107 Å². The van der Waals surface area contributed by atoms with Crippen LogP contribution in [0.4, 0.5) is 0 Å². The highest BCUT2D eigenvalue weighted by Crippen LogP contribution is 2.12. The van der Waals surface area contributed by atoms with E-state index >= 15 is 0 Å². The Hall–Kier alpha value is -1.22. The molecule has 1 aromatic carbocycles. The van der Waals surface area contributed by atoms with E-state index in [1.54, 1.807) is 23.1 Å². The van der Waals surface area contributed by atoms with Crippen LogP contribution in [0.2, 0.25) is 0 Å². The van der Waals surface area contributed by atoms with Gasteiger partial charge in [-0.1, -0.05) is 12.1 Å². The maximum atomic E-state index is 12.0. The second-order valence-corrected chi connectivity index (χ2v) is 4.24. The van der Waals surface area contributed by atoms with Crippen LogP contribution in [0.3, 0.4) is 0 Å². The van der Waals surface area contributed by atoms with Crippen LogP contribution in [-0.2, 0) is 11.2 Å². The van der Waals surface area contributed by atoms with Crippen LogP contribution in [0.15, 0.2) is 24.3 Å². The van der Waals surface area contributed by atoms with Gasteiger partial charge < -0.3 is 10.0 Å². The van der Waals surface area contributed by atoms with Crippen molar-refractivity contribution in [2.24, 2.45) is 0 Å². The normalized spacial score (nSPS) is 10.2. The van der Waals surface area contributed by atoms with E-state index in [-0.39, 0.29) is 11.7 Å². The summed E-state index contributed by atoms with van der Waals surface area (Å²) < 4.78 is 0. The lowest BCUT2D eigenvalue weighted by atomic mass is 10.1.